The lowest BCUT2D eigenvalue weighted by atomic mass is 10.1. The van der Waals surface area contributed by atoms with Gasteiger partial charge in [0.1, 0.15) is 11.3 Å². The fourth-order valence-corrected chi connectivity index (χ4v) is 3.25. The van der Waals surface area contributed by atoms with Gasteiger partial charge in [-0.1, -0.05) is 19.1 Å². The molecule has 0 aliphatic carbocycles. The molecule has 0 spiro atoms. The molecule has 2 aromatic heterocycles. The fourth-order valence-electron chi connectivity index (χ4n) is 2.53. The van der Waals surface area contributed by atoms with Gasteiger partial charge in [-0.2, -0.15) is 0 Å². The number of carbonyl (C=O) groups excluding carboxylic acids is 1. The number of hydrogen-bond acceptors (Lipinski definition) is 5. The summed E-state index contributed by atoms with van der Waals surface area (Å²) in [5, 5.41) is 4.24. The van der Waals surface area contributed by atoms with Gasteiger partial charge in [-0.15, -0.1) is 24.5 Å². The Labute approximate surface area is 155 Å². The van der Waals surface area contributed by atoms with Crippen molar-refractivity contribution in [1.82, 2.24) is 14.7 Å². The standard InChI is InChI=1S/C17H14F3N3O3S/c1-2-12-13(15(25)23-6-7-27-16(23)22-12)14(24)21-9-10-4-3-5-11(8-10)26-17(18,19)20/h3-8H,2,9H2,1H3,(H,21,24). The van der Waals surface area contributed by atoms with Gasteiger partial charge in [-0.3, -0.25) is 14.0 Å². The SMILES string of the molecule is CCc1nc2sccn2c(=O)c1C(=O)NCc1cccc(OC(F)(F)F)c1. The van der Waals surface area contributed by atoms with E-state index in [9.17, 15) is 22.8 Å². The predicted molar refractivity (Wildman–Crippen MR) is 93.0 cm³/mol. The summed E-state index contributed by atoms with van der Waals surface area (Å²) in [5.41, 5.74) is 0.211. The van der Waals surface area contributed by atoms with Crippen LogP contribution in [0.1, 0.15) is 28.5 Å². The summed E-state index contributed by atoms with van der Waals surface area (Å²) in [7, 11) is 0. The molecule has 1 aromatic carbocycles. The number of hydrogen-bond donors (Lipinski definition) is 1. The van der Waals surface area contributed by atoms with E-state index in [0.29, 0.717) is 22.6 Å². The largest absolute Gasteiger partial charge is 0.573 e. The van der Waals surface area contributed by atoms with Crippen molar-refractivity contribution in [3.8, 4) is 5.75 Å². The number of nitrogens with one attached hydrogen (secondary N) is 1. The quantitative estimate of drug-likeness (QED) is 0.718. The van der Waals surface area contributed by atoms with Gasteiger partial charge in [-0.25, -0.2) is 4.98 Å². The Balaban J connectivity index is 1.81. The van der Waals surface area contributed by atoms with Gasteiger partial charge >= 0.3 is 6.36 Å². The van der Waals surface area contributed by atoms with Crippen molar-refractivity contribution in [3.63, 3.8) is 0 Å². The number of rotatable bonds is 5. The minimum atomic E-state index is -4.80. The highest BCUT2D eigenvalue weighted by molar-refractivity contribution is 7.15. The summed E-state index contributed by atoms with van der Waals surface area (Å²) >= 11 is 1.28. The molecule has 0 fully saturated rings. The van der Waals surface area contributed by atoms with E-state index in [1.807, 2.05) is 0 Å². The Morgan fingerprint density at radius 1 is 1.37 bits per heavy atom. The molecule has 0 saturated heterocycles. The van der Waals surface area contributed by atoms with E-state index in [-0.39, 0.29) is 17.9 Å². The van der Waals surface area contributed by atoms with E-state index in [1.165, 1.54) is 40.1 Å². The van der Waals surface area contributed by atoms with Crippen molar-refractivity contribution in [3.05, 3.63) is 63.0 Å². The topological polar surface area (TPSA) is 72.7 Å². The van der Waals surface area contributed by atoms with Gasteiger partial charge in [0.25, 0.3) is 11.5 Å². The van der Waals surface area contributed by atoms with Crippen LogP contribution in [0, 0.1) is 0 Å². The summed E-state index contributed by atoms with van der Waals surface area (Å²) in [6.07, 6.45) is -2.88. The Morgan fingerprint density at radius 3 is 2.85 bits per heavy atom. The molecule has 0 bridgehead atoms. The molecule has 0 aliphatic heterocycles. The maximum Gasteiger partial charge on any atom is 0.573 e. The predicted octanol–water partition coefficient (Wildman–Crippen LogP) is 3.15. The zero-order chi connectivity index (χ0) is 19.6. The monoisotopic (exact) mass is 397 g/mol. The molecule has 3 rings (SSSR count). The van der Waals surface area contributed by atoms with Crippen LogP contribution in [0.15, 0.2) is 40.6 Å². The molecular weight excluding hydrogens is 383 g/mol. The number of ether oxygens (including phenoxy) is 1. The van der Waals surface area contributed by atoms with Crippen molar-refractivity contribution < 1.29 is 22.7 Å². The van der Waals surface area contributed by atoms with Gasteiger partial charge in [0.2, 0.25) is 0 Å². The van der Waals surface area contributed by atoms with E-state index in [0.717, 1.165) is 6.07 Å². The Morgan fingerprint density at radius 2 is 2.15 bits per heavy atom. The first kappa shape index (κ1) is 18.9. The van der Waals surface area contributed by atoms with Gasteiger partial charge in [0.15, 0.2) is 4.96 Å². The zero-order valence-electron chi connectivity index (χ0n) is 14.0. The van der Waals surface area contributed by atoms with Crippen LogP contribution in [0.5, 0.6) is 5.75 Å². The highest BCUT2D eigenvalue weighted by Crippen LogP contribution is 2.23. The van der Waals surface area contributed by atoms with E-state index >= 15 is 0 Å². The summed E-state index contributed by atoms with van der Waals surface area (Å²) in [5.74, 6) is -1.02. The van der Waals surface area contributed by atoms with Crippen molar-refractivity contribution in [2.45, 2.75) is 26.3 Å². The van der Waals surface area contributed by atoms with Gasteiger partial charge < -0.3 is 10.1 Å². The van der Waals surface area contributed by atoms with Gasteiger partial charge in [-0.05, 0) is 24.1 Å². The average molecular weight is 397 g/mol. The molecule has 0 unspecified atom stereocenters. The van der Waals surface area contributed by atoms with Crippen LogP contribution in [0.4, 0.5) is 13.2 Å². The number of aromatic nitrogens is 2. The number of benzene rings is 1. The Kier molecular flexibility index (Phi) is 5.17. The molecule has 6 nitrogen and oxygen atoms in total. The molecular formula is C17H14F3N3O3S. The van der Waals surface area contributed by atoms with Gasteiger partial charge in [0.05, 0.1) is 5.69 Å². The molecule has 27 heavy (non-hydrogen) atoms. The highest BCUT2D eigenvalue weighted by atomic mass is 32.1. The van der Waals surface area contributed by atoms with Crippen molar-refractivity contribution in [2.24, 2.45) is 0 Å². The molecule has 2 heterocycles. The lowest BCUT2D eigenvalue weighted by molar-refractivity contribution is -0.274. The molecule has 1 N–H and O–H groups in total. The molecule has 0 saturated carbocycles. The number of amides is 1. The van der Waals surface area contributed by atoms with E-state index in [2.05, 4.69) is 15.0 Å². The Bertz CT molecular complexity index is 1040. The third-order valence-electron chi connectivity index (χ3n) is 3.69. The lowest BCUT2D eigenvalue weighted by Gasteiger charge is -2.11. The number of carbonyl (C=O) groups is 1. The number of alkyl halides is 3. The molecule has 0 radical (unpaired) electrons. The summed E-state index contributed by atoms with van der Waals surface area (Å²) < 4.78 is 42.0. The van der Waals surface area contributed by atoms with Crippen molar-refractivity contribution in [1.29, 1.82) is 0 Å². The molecule has 1 amide bonds. The number of aryl methyl sites for hydroxylation is 1. The lowest BCUT2D eigenvalue weighted by Crippen LogP contribution is -2.33. The van der Waals surface area contributed by atoms with E-state index < -0.39 is 17.8 Å². The second-order valence-corrected chi connectivity index (χ2v) is 6.40. The first-order valence-corrected chi connectivity index (χ1v) is 8.78. The van der Waals surface area contributed by atoms with Crippen molar-refractivity contribution >= 4 is 22.2 Å². The summed E-state index contributed by atoms with van der Waals surface area (Å²) in [6, 6.07) is 5.25. The molecule has 0 aliphatic rings. The zero-order valence-corrected chi connectivity index (χ0v) is 14.9. The first-order chi connectivity index (χ1) is 12.8. The molecule has 10 heteroatoms. The summed E-state index contributed by atoms with van der Waals surface area (Å²) in [4.78, 5) is 29.9. The van der Waals surface area contributed by atoms with Crippen LogP contribution in [0.3, 0.4) is 0 Å². The minimum absolute atomic E-state index is 0.0666. The molecule has 0 atom stereocenters. The second kappa shape index (κ2) is 7.39. The van der Waals surface area contributed by atoms with Gasteiger partial charge in [0, 0.05) is 18.1 Å². The number of nitrogens with zero attached hydrogens (tertiary/aromatic N) is 2. The second-order valence-electron chi connectivity index (χ2n) is 5.53. The van der Waals surface area contributed by atoms with E-state index in [4.69, 9.17) is 0 Å². The van der Waals surface area contributed by atoms with Crippen LogP contribution in [-0.4, -0.2) is 21.7 Å². The van der Waals surface area contributed by atoms with E-state index in [1.54, 1.807) is 12.3 Å². The van der Waals surface area contributed by atoms with Crippen LogP contribution >= 0.6 is 11.3 Å². The maximum absolute atomic E-state index is 12.6. The first-order valence-electron chi connectivity index (χ1n) is 7.90. The number of halogens is 3. The Hall–Kier alpha value is -2.88. The summed E-state index contributed by atoms with van der Waals surface area (Å²) in [6.45, 7) is 1.71. The third-order valence-corrected chi connectivity index (χ3v) is 4.44. The van der Waals surface area contributed by atoms with Crippen LogP contribution in [-0.2, 0) is 13.0 Å². The van der Waals surface area contributed by atoms with Crippen LogP contribution < -0.4 is 15.6 Å². The highest BCUT2D eigenvalue weighted by Gasteiger charge is 2.31. The fraction of sp³-hybridized carbons (Fsp3) is 0.235. The third kappa shape index (κ3) is 4.27. The number of fused-ring (bicyclic) bond motifs is 1. The minimum Gasteiger partial charge on any atom is -0.406 e. The van der Waals surface area contributed by atoms with Crippen LogP contribution in [0.2, 0.25) is 0 Å². The van der Waals surface area contributed by atoms with Crippen molar-refractivity contribution in [2.75, 3.05) is 0 Å². The molecule has 3 aromatic rings. The maximum atomic E-state index is 12.6. The average Bonchev–Trinajstić information content (AvgIpc) is 3.07. The molecule has 142 valence electrons. The van der Waals surface area contributed by atoms with Crippen LogP contribution in [0.25, 0.3) is 4.96 Å². The smallest absolute Gasteiger partial charge is 0.406 e. The normalized spacial score (nSPS) is 11.6. The number of thiazole rings is 1.